The Hall–Kier alpha value is -2.73. The van der Waals surface area contributed by atoms with E-state index in [1.54, 1.807) is 34.9 Å². The summed E-state index contributed by atoms with van der Waals surface area (Å²) in [5.41, 5.74) is 1.65. The molecule has 2 amide bonds. The SMILES string of the molecule is COc1ccc(Cl)cc1C(=O)N1CCN(C(=O)C(C)Oc2ccc(C(C)C)cc2)CC1. The smallest absolute Gasteiger partial charge is 0.263 e. The average Bonchev–Trinajstić information content (AvgIpc) is 2.78. The Kier molecular flexibility index (Phi) is 7.44. The van der Waals surface area contributed by atoms with Crippen molar-refractivity contribution in [2.75, 3.05) is 33.3 Å². The predicted molar refractivity (Wildman–Crippen MR) is 121 cm³/mol. The molecule has 2 aromatic carbocycles. The second-order valence-electron chi connectivity index (χ2n) is 7.95. The number of carbonyl (C=O) groups excluding carboxylic acids is 2. The minimum absolute atomic E-state index is 0.0830. The quantitative estimate of drug-likeness (QED) is 0.669. The summed E-state index contributed by atoms with van der Waals surface area (Å²) in [5, 5.41) is 0.477. The van der Waals surface area contributed by atoms with Crippen LogP contribution in [0.1, 0.15) is 42.6 Å². The first-order valence-corrected chi connectivity index (χ1v) is 10.9. The van der Waals surface area contributed by atoms with Crippen LogP contribution in [-0.4, -0.2) is 61.0 Å². The van der Waals surface area contributed by atoms with Crippen LogP contribution in [0.25, 0.3) is 0 Å². The van der Waals surface area contributed by atoms with Crippen molar-refractivity contribution in [3.05, 3.63) is 58.6 Å². The van der Waals surface area contributed by atoms with Gasteiger partial charge in [-0.3, -0.25) is 9.59 Å². The molecular weight excluding hydrogens is 416 g/mol. The first-order valence-electron chi connectivity index (χ1n) is 10.5. The number of ether oxygens (including phenoxy) is 2. The summed E-state index contributed by atoms with van der Waals surface area (Å²) >= 11 is 6.05. The lowest BCUT2D eigenvalue weighted by Crippen LogP contribution is -2.53. The summed E-state index contributed by atoms with van der Waals surface area (Å²) in [6.45, 7) is 7.81. The van der Waals surface area contributed by atoms with E-state index in [0.717, 1.165) is 0 Å². The van der Waals surface area contributed by atoms with Gasteiger partial charge < -0.3 is 19.3 Å². The Bertz CT molecular complexity index is 922. The van der Waals surface area contributed by atoms with Crippen LogP contribution < -0.4 is 9.47 Å². The minimum atomic E-state index is -0.597. The van der Waals surface area contributed by atoms with Gasteiger partial charge in [-0.15, -0.1) is 0 Å². The van der Waals surface area contributed by atoms with Crippen molar-refractivity contribution >= 4 is 23.4 Å². The summed E-state index contributed by atoms with van der Waals surface area (Å²) in [7, 11) is 1.52. The molecule has 0 aliphatic carbocycles. The van der Waals surface area contributed by atoms with Gasteiger partial charge in [-0.05, 0) is 48.7 Å². The van der Waals surface area contributed by atoms with E-state index in [2.05, 4.69) is 13.8 Å². The normalized spacial score (nSPS) is 15.0. The number of benzene rings is 2. The monoisotopic (exact) mass is 444 g/mol. The van der Waals surface area contributed by atoms with Crippen molar-refractivity contribution in [1.29, 1.82) is 0 Å². The number of amides is 2. The maximum absolute atomic E-state index is 12.9. The lowest BCUT2D eigenvalue weighted by molar-refractivity contribution is -0.139. The highest BCUT2D eigenvalue weighted by atomic mass is 35.5. The molecule has 2 aromatic rings. The third-order valence-electron chi connectivity index (χ3n) is 5.48. The molecule has 0 radical (unpaired) electrons. The van der Waals surface area contributed by atoms with E-state index in [1.807, 2.05) is 24.3 Å². The fourth-order valence-corrected chi connectivity index (χ4v) is 3.76. The van der Waals surface area contributed by atoms with Crippen LogP contribution in [0.5, 0.6) is 11.5 Å². The first-order chi connectivity index (χ1) is 14.8. The highest BCUT2D eigenvalue weighted by Crippen LogP contribution is 2.25. The lowest BCUT2D eigenvalue weighted by atomic mass is 10.0. The second-order valence-corrected chi connectivity index (χ2v) is 8.38. The van der Waals surface area contributed by atoms with Crippen molar-refractivity contribution in [2.24, 2.45) is 0 Å². The number of rotatable bonds is 6. The molecule has 1 atom stereocenters. The molecule has 0 saturated carbocycles. The van der Waals surface area contributed by atoms with Crippen LogP contribution in [-0.2, 0) is 4.79 Å². The fourth-order valence-electron chi connectivity index (χ4n) is 3.59. The Morgan fingerprint density at radius 3 is 2.13 bits per heavy atom. The summed E-state index contributed by atoms with van der Waals surface area (Å²) in [6.07, 6.45) is -0.597. The fraction of sp³-hybridized carbons (Fsp3) is 0.417. The van der Waals surface area contributed by atoms with E-state index < -0.39 is 6.10 Å². The van der Waals surface area contributed by atoms with Gasteiger partial charge in [0.1, 0.15) is 11.5 Å². The molecule has 7 heteroatoms. The predicted octanol–water partition coefficient (Wildman–Crippen LogP) is 4.22. The Morgan fingerprint density at radius 1 is 0.935 bits per heavy atom. The average molecular weight is 445 g/mol. The number of carbonyl (C=O) groups is 2. The van der Waals surface area contributed by atoms with Crippen molar-refractivity contribution in [2.45, 2.75) is 32.8 Å². The van der Waals surface area contributed by atoms with Crippen LogP contribution >= 0.6 is 11.6 Å². The first kappa shape index (κ1) is 22.9. The van der Waals surface area contributed by atoms with Crippen LogP contribution in [0, 0.1) is 0 Å². The Morgan fingerprint density at radius 2 is 1.55 bits per heavy atom. The number of nitrogens with zero attached hydrogens (tertiary/aromatic N) is 2. The number of hydrogen-bond donors (Lipinski definition) is 0. The van der Waals surface area contributed by atoms with Gasteiger partial charge in [0.2, 0.25) is 0 Å². The largest absolute Gasteiger partial charge is 0.496 e. The van der Waals surface area contributed by atoms with Crippen molar-refractivity contribution in [1.82, 2.24) is 9.80 Å². The van der Waals surface area contributed by atoms with Gasteiger partial charge in [0.05, 0.1) is 12.7 Å². The standard InChI is InChI=1S/C24H29ClN2O4/c1-16(2)18-5-8-20(9-6-18)31-17(3)23(28)26-11-13-27(14-12-26)24(29)21-15-19(25)7-10-22(21)30-4/h5-10,15-17H,11-14H2,1-4H3. The number of halogens is 1. The molecular formula is C24H29ClN2O4. The second kappa shape index (κ2) is 10.1. The van der Waals surface area contributed by atoms with Gasteiger partial charge in [-0.2, -0.15) is 0 Å². The summed E-state index contributed by atoms with van der Waals surface area (Å²) in [5.74, 6) is 1.37. The molecule has 1 aliphatic rings. The molecule has 1 heterocycles. The van der Waals surface area contributed by atoms with Crippen LogP contribution in [0.4, 0.5) is 0 Å². The van der Waals surface area contributed by atoms with E-state index >= 15 is 0 Å². The van der Waals surface area contributed by atoms with Crippen molar-refractivity contribution in [3.63, 3.8) is 0 Å². The molecule has 1 fully saturated rings. The van der Waals surface area contributed by atoms with Gasteiger partial charge in [0.15, 0.2) is 6.10 Å². The molecule has 1 unspecified atom stereocenters. The van der Waals surface area contributed by atoms with Gasteiger partial charge in [-0.1, -0.05) is 37.6 Å². The topological polar surface area (TPSA) is 59.1 Å². The van der Waals surface area contributed by atoms with Gasteiger partial charge in [-0.25, -0.2) is 0 Å². The molecule has 0 N–H and O–H groups in total. The Balaban J connectivity index is 1.56. The van der Waals surface area contributed by atoms with Crippen LogP contribution in [0.15, 0.2) is 42.5 Å². The maximum atomic E-state index is 12.9. The van der Waals surface area contributed by atoms with Crippen molar-refractivity contribution in [3.8, 4) is 11.5 Å². The molecule has 1 saturated heterocycles. The molecule has 31 heavy (non-hydrogen) atoms. The molecule has 0 bridgehead atoms. The zero-order valence-electron chi connectivity index (χ0n) is 18.4. The molecule has 166 valence electrons. The number of methoxy groups -OCH3 is 1. The molecule has 6 nitrogen and oxygen atoms in total. The zero-order chi connectivity index (χ0) is 22.5. The van der Waals surface area contributed by atoms with E-state index in [1.165, 1.54) is 12.7 Å². The summed E-state index contributed by atoms with van der Waals surface area (Å²) in [4.78, 5) is 29.2. The zero-order valence-corrected chi connectivity index (χ0v) is 19.2. The van der Waals surface area contributed by atoms with Gasteiger partial charge in [0.25, 0.3) is 11.8 Å². The lowest BCUT2D eigenvalue weighted by Gasteiger charge is -2.36. The highest BCUT2D eigenvalue weighted by molar-refractivity contribution is 6.31. The third-order valence-corrected chi connectivity index (χ3v) is 5.71. The summed E-state index contributed by atoms with van der Waals surface area (Å²) in [6, 6.07) is 12.8. The minimum Gasteiger partial charge on any atom is -0.496 e. The summed E-state index contributed by atoms with van der Waals surface area (Å²) < 4.78 is 11.1. The van der Waals surface area contributed by atoms with Gasteiger partial charge >= 0.3 is 0 Å². The van der Waals surface area contributed by atoms with E-state index in [-0.39, 0.29) is 11.8 Å². The number of piperazine rings is 1. The van der Waals surface area contributed by atoms with E-state index in [9.17, 15) is 9.59 Å². The Labute approximate surface area is 188 Å². The van der Waals surface area contributed by atoms with E-state index in [0.29, 0.717) is 54.2 Å². The maximum Gasteiger partial charge on any atom is 0.263 e. The van der Waals surface area contributed by atoms with Crippen molar-refractivity contribution < 1.29 is 19.1 Å². The molecule has 1 aliphatic heterocycles. The molecule has 0 aromatic heterocycles. The van der Waals surface area contributed by atoms with Crippen LogP contribution in [0.3, 0.4) is 0 Å². The third kappa shape index (κ3) is 5.50. The molecule has 3 rings (SSSR count). The highest BCUT2D eigenvalue weighted by Gasteiger charge is 2.29. The van der Waals surface area contributed by atoms with E-state index in [4.69, 9.17) is 21.1 Å². The van der Waals surface area contributed by atoms with Gasteiger partial charge in [0, 0.05) is 31.2 Å². The van der Waals surface area contributed by atoms with Crippen LogP contribution in [0.2, 0.25) is 5.02 Å². The molecule has 0 spiro atoms. The number of hydrogen-bond acceptors (Lipinski definition) is 4.